The van der Waals surface area contributed by atoms with Gasteiger partial charge in [0, 0.05) is 24.5 Å². The van der Waals surface area contributed by atoms with Crippen LogP contribution in [0.25, 0.3) is 0 Å². The number of nitrogens with zero attached hydrogens (tertiary/aromatic N) is 5. The number of methoxy groups -OCH3 is 1. The summed E-state index contributed by atoms with van der Waals surface area (Å²) in [4.78, 5) is 18.1. The lowest BCUT2D eigenvalue weighted by atomic mass is 9.78. The fourth-order valence-electron chi connectivity index (χ4n) is 5.78. The zero-order chi connectivity index (χ0) is 19.8. The Bertz CT molecular complexity index is 858. The zero-order valence-corrected chi connectivity index (χ0v) is 17.5. The predicted molar refractivity (Wildman–Crippen MR) is 113 cm³/mol. The lowest BCUT2D eigenvalue weighted by Gasteiger charge is -2.49. The van der Waals surface area contributed by atoms with Gasteiger partial charge in [0.1, 0.15) is 17.9 Å². The van der Waals surface area contributed by atoms with E-state index in [4.69, 9.17) is 4.74 Å². The van der Waals surface area contributed by atoms with Crippen LogP contribution in [-0.2, 0) is 0 Å². The summed E-state index contributed by atoms with van der Waals surface area (Å²) in [6.45, 7) is 6.55. The summed E-state index contributed by atoms with van der Waals surface area (Å²) in [5.74, 6) is 3.33. The largest absolute Gasteiger partial charge is 0.496 e. The van der Waals surface area contributed by atoms with Gasteiger partial charge in [0.2, 0.25) is 5.95 Å². The highest BCUT2D eigenvalue weighted by Crippen LogP contribution is 2.48. The molecule has 3 aliphatic rings. The van der Waals surface area contributed by atoms with Crippen molar-refractivity contribution in [3.8, 4) is 5.75 Å². The van der Waals surface area contributed by atoms with E-state index in [1.807, 2.05) is 6.92 Å². The Kier molecular flexibility index (Phi) is 4.90. The molecule has 0 radical (unpaired) electrons. The molecule has 1 atom stereocenters. The van der Waals surface area contributed by atoms with Crippen molar-refractivity contribution in [1.29, 1.82) is 0 Å². The average Bonchev–Trinajstić information content (AvgIpc) is 3.19. The van der Waals surface area contributed by atoms with Gasteiger partial charge in [-0.15, -0.1) is 0 Å². The standard InChI is InChI=1S/C23H31N5O/c1-17-24-16-25-22(26-17)28-14-23(15-28)10-7-19(13-23)27-11-8-18(9-12-27)20-5-3-4-6-21(20)29-2/h3-6,16,18-19H,7-15H2,1-2H3. The highest BCUT2D eigenvalue weighted by molar-refractivity contribution is 5.37. The van der Waals surface area contributed by atoms with Crippen LogP contribution in [0, 0.1) is 12.3 Å². The van der Waals surface area contributed by atoms with Crippen LogP contribution in [0.3, 0.4) is 0 Å². The number of benzene rings is 1. The maximum Gasteiger partial charge on any atom is 0.228 e. The first-order valence-corrected chi connectivity index (χ1v) is 10.9. The van der Waals surface area contributed by atoms with E-state index in [9.17, 15) is 0 Å². The first kappa shape index (κ1) is 18.8. The third kappa shape index (κ3) is 3.59. The monoisotopic (exact) mass is 393 g/mol. The molecule has 1 aromatic carbocycles. The number of ether oxygens (including phenoxy) is 1. The summed E-state index contributed by atoms with van der Waals surface area (Å²) in [5, 5.41) is 0. The molecule has 3 heterocycles. The molecule has 6 heteroatoms. The number of para-hydroxylation sites is 1. The number of anilines is 1. The summed E-state index contributed by atoms with van der Waals surface area (Å²) < 4.78 is 5.60. The minimum Gasteiger partial charge on any atom is -0.496 e. The van der Waals surface area contributed by atoms with Crippen molar-refractivity contribution in [2.24, 2.45) is 5.41 Å². The molecule has 2 saturated heterocycles. The van der Waals surface area contributed by atoms with Gasteiger partial charge in [-0.3, -0.25) is 0 Å². The molecular weight excluding hydrogens is 362 g/mol. The van der Waals surface area contributed by atoms with Gasteiger partial charge in [-0.25, -0.2) is 9.97 Å². The van der Waals surface area contributed by atoms with E-state index in [2.05, 4.69) is 49.0 Å². The fraction of sp³-hybridized carbons (Fsp3) is 0.609. The summed E-state index contributed by atoms with van der Waals surface area (Å²) in [5.41, 5.74) is 1.87. The van der Waals surface area contributed by atoms with Gasteiger partial charge in [0.25, 0.3) is 0 Å². The van der Waals surface area contributed by atoms with Crippen LogP contribution in [0.1, 0.15) is 49.4 Å². The van der Waals surface area contributed by atoms with Gasteiger partial charge in [-0.05, 0) is 69.7 Å². The van der Waals surface area contributed by atoms with Gasteiger partial charge in [-0.2, -0.15) is 4.98 Å². The Balaban J connectivity index is 1.15. The molecule has 29 heavy (non-hydrogen) atoms. The molecule has 3 fully saturated rings. The minimum absolute atomic E-state index is 0.477. The molecule has 2 aromatic rings. The molecule has 154 valence electrons. The fourth-order valence-corrected chi connectivity index (χ4v) is 5.78. The topological polar surface area (TPSA) is 54.4 Å². The van der Waals surface area contributed by atoms with E-state index in [0.717, 1.165) is 36.7 Å². The zero-order valence-electron chi connectivity index (χ0n) is 17.5. The van der Waals surface area contributed by atoms with Crippen molar-refractivity contribution in [2.75, 3.05) is 38.2 Å². The molecule has 1 aliphatic carbocycles. The van der Waals surface area contributed by atoms with Crippen LogP contribution in [-0.4, -0.2) is 59.2 Å². The number of aromatic nitrogens is 3. The van der Waals surface area contributed by atoms with Crippen molar-refractivity contribution >= 4 is 5.95 Å². The second-order valence-corrected chi connectivity index (χ2v) is 9.14. The van der Waals surface area contributed by atoms with E-state index < -0.39 is 0 Å². The van der Waals surface area contributed by atoms with Crippen molar-refractivity contribution in [3.63, 3.8) is 0 Å². The SMILES string of the molecule is COc1ccccc1C1CCN(C2CCC3(C2)CN(c2ncnc(C)n2)C3)CC1. The Hall–Kier alpha value is -2.21. The van der Waals surface area contributed by atoms with E-state index in [0.29, 0.717) is 11.3 Å². The Morgan fingerprint density at radius 2 is 1.86 bits per heavy atom. The smallest absolute Gasteiger partial charge is 0.228 e. The third-order valence-electron chi connectivity index (χ3n) is 7.32. The number of aryl methyl sites for hydroxylation is 1. The lowest BCUT2D eigenvalue weighted by molar-refractivity contribution is 0.131. The van der Waals surface area contributed by atoms with Crippen molar-refractivity contribution < 1.29 is 4.74 Å². The van der Waals surface area contributed by atoms with E-state index in [1.165, 1.54) is 50.8 Å². The highest BCUT2D eigenvalue weighted by atomic mass is 16.5. The quantitative estimate of drug-likeness (QED) is 0.793. The first-order chi connectivity index (χ1) is 14.2. The van der Waals surface area contributed by atoms with Crippen LogP contribution in [0.2, 0.25) is 0 Å². The molecule has 5 rings (SSSR count). The lowest BCUT2D eigenvalue weighted by Crippen LogP contribution is -2.56. The second kappa shape index (κ2) is 7.56. The number of hydrogen-bond acceptors (Lipinski definition) is 6. The van der Waals surface area contributed by atoms with Crippen LogP contribution < -0.4 is 9.64 Å². The van der Waals surface area contributed by atoms with Crippen molar-refractivity contribution in [1.82, 2.24) is 19.9 Å². The van der Waals surface area contributed by atoms with Crippen LogP contribution in [0.4, 0.5) is 5.95 Å². The Morgan fingerprint density at radius 1 is 1.07 bits per heavy atom. The van der Waals surface area contributed by atoms with E-state index >= 15 is 0 Å². The van der Waals surface area contributed by atoms with Crippen LogP contribution in [0.5, 0.6) is 5.75 Å². The molecule has 2 aliphatic heterocycles. The molecular formula is C23H31N5O. The molecule has 1 saturated carbocycles. The van der Waals surface area contributed by atoms with Crippen LogP contribution in [0.15, 0.2) is 30.6 Å². The molecule has 0 amide bonds. The predicted octanol–water partition coefficient (Wildman–Crippen LogP) is 3.43. The minimum atomic E-state index is 0.477. The Morgan fingerprint density at radius 3 is 2.62 bits per heavy atom. The number of rotatable bonds is 4. The van der Waals surface area contributed by atoms with Crippen LogP contribution >= 0.6 is 0 Å². The van der Waals surface area contributed by atoms with Crippen molar-refractivity contribution in [3.05, 3.63) is 42.0 Å². The van der Waals surface area contributed by atoms with Gasteiger partial charge in [0.05, 0.1) is 7.11 Å². The molecule has 0 N–H and O–H groups in total. The summed E-state index contributed by atoms with van der Waals surface area (Å²) in [6, 6.07) is 9.29. The molecule has 1 unspecified atom stereocenters. The Labute approximate surface area is 173 Å². The van der Waals surface area contributed by atoms with E-state index in [1.54, 1.807) is 13.4 Å². The van der Waals surface area contributed by atoms with Gasteiger partial charge < -0.3 is 14.5 Å². The molecule has 6 nitrogen and oxygen atoms in total. The second-order valence-electron chi connectivity index (χ2n) is 9.14. The average molecular weight is 394 g/mol. The number of piperidine rings is 1. The molecule has 0 bridgehead atoms. The van der Waals surface area contributed by atoms with E-state index in [-0.39, 0.29) is 0 Å². The van der Waals surface area contributed by atoms with Gasteiger partial charge >= 0.3 is 0 Å². The molecule has 1 spiro atoms. The summed E-state index contributed by atoms with van der Waals surface area (Å²) in [6.07, 6.45) is 8.10. The highest BCUT2D eigenvalue weighted by Gasteiger charge is 2.50. The molecule has 1 aromatic heterocycles. The first-order valence-electron chi connectivity index (χ1n) is 10.9. The van der Waals surface area contributed by atoms with Gasteiger partial charge in [0.15, 0.2) is 0 Å². The van der Waals surface area contributed by atoms with Crippen molar-refractivity contribution in [2.45, 2.75) is 51.0 Å². The maximum absolute atomic E-state index is 5.60. The normalized spacial score (nSPS) is 24.6. The summed E-state index contributed by atoms with van der Waals surface area (Å²) >= 11 is 0. The van der Waals surface area contributed by atoms with Gasteiger partial charge in [-0.1, -0.05) is 18.2 Å². The number of hydrogen-bond donors (Lipinski definition) is 0. The third-order valence-corrected chi connectivity index (χ3v) is 7.32. The maximum atomic E-state index is 5.60. The summed E-state index contributed by atoms with van der Waals surface area (Å²) in [7, 11) is 1.78. The number of likely N-dealkylation sites (tertiary alicyclic amines) is 1.